The number of halogens is 5. The smallest absolute Gasteiger partial charge is 0.422 e. The quantitative estimate of drug-likeness (QED) is 0.871. The summed E-state index contributed by atoms with van der Waals surface area (Å²) in [7, 11) is 0. The van der Waals surface area contributed by atoms with E-state index in [-0.39, 0.29) is 11.0 Å². The first-order chi connectivity index (χ1) is 7.33. The van der Waals surface area contributed by atoms with Crippen LogP contribution in [0.15, 0.2) is 16.6 Å². The highest BCUT2D eigenvalue weighted by Crippen LogP contribution is 2.31. The lowest BCUT2D eigenvalue weighted by Gasteiger charge is -2.12. The molecule has 0 radical (unpaired) electrons. The predicted octanol–water partition coefficient (Wildman–Crippen LogP) is 2.99. The zero-order chi connectivity index (χ0) is 12.3. The molecule has 0 bridgehead atoms. The SMILES string of the molecule is NCc1cc(F)c(OCC(F)(F)F)c(Br)c1. The molecule has 0 heterocycles. The summed E-state index contributed by atoms with van der Waals surface area (Å²) in [6.45, 7) is -1.44. The Labute approximate surface area is 97.5 Å². The molecular weight excluding hydrogens is 294 g/mol. The summed E-state index contributed by atoms with van der Waals surface area (Å²) in [4.78, 5) is 0. The van der Waals surface area contributed by atoms with Crippen molar-refractivity contribution < 1.29 is 22.3 Å². The molecule has 0 aromatic heterocycles. The molecule has 2 nitrogen and oxygen atoms in total. The number of ether oxygens (including phenoxy) is 1. The van der Waals surface area contributed by atoms with Gasteiger partial charge in [0.2, 0.25) is 0 Å². The molecule has 0 spiro atoms. The van der Waals surface area contributed by atoms with Gasteiger partial charge in [-0.15, -0.1) is 0 Å². The van der Waals surface area contributed by atoms with E-state index in [2.05, 4.69) is 20.7 Å². The molecule has 1 rings (SSSR count). The molecule has 0 unspecified atom stereocenters. The third-order valence-electron chi connectivity index (χ3n) is 1.67. The maximum Gasteiger partial charge on any atom is 0.422 e. The van der Waals surface area contributed by atoms with Gasteiger partial charge in [-0.05, 0) is 33.6 Å². The minimum absolute atomic E-state index is 0.0923. The summed E-state index contributed by atoms with van der Waals surface area (Å²) in [6, 6.07) is 2.45. The van der Waals surface area contributed by atoms with E-state index in [0.717, 1.165) is 6.07 Å². The number of nitrogens with two attached hydrogens (primary N) is 1. The fraction of sp³-hybridized carbons (Fsp3) is 0.333. The summed E-state index contributed by atoms with van der Waals surface area (Å²) >= 11 is 2.92. The zero-order valence-corrected chi connectivity index (χ0v) is 9.53. The monoisotopic (exact) mass is 301 g/mol. The average Bonchev–Trinajstić information content (AvgIpc) is 2.14. The summed E-state index contributed by atoms with van der Waals surface area (Å²) < 4.78 is 53.3. The number of benzene rings is 1. The number of hydrogen-bond donors (Lipinski definition) is 1. The van der Waals surface area contributed by atoms with E-state index in [4.69, 9.17) is 5.73 Å². The van der Waals surface area contributed by atoms with E-state index in [9.17, 15) is 17.6 Å². The summed E-state index contributed by atoms with van der Waals surface area (Å²) in [5.74, 6) is -1.34. The van der Waals surface area contributed by atoms with E-state index in [0.29, 0.717) is 5.56 Å². The molecule has 0 atom stereocenters. The second-order valence-electron chi connectivity index (χ2n) is 3.00. The summed E-state index contributed by atoms with van der Waals surface area (Å²) in [5.41, 5.74) is 5.73. The first kappa shape index (κ1) is 13.2. The average molecular weight is 302 g/mol. The van der Waals surface area contributed by atoms with Crippen LogP contribution >= 0.6 is 15.9 Å². The van der Waals surface area contributed by atoms with Gasteiger partial charge >= 0.3 is 6.18 Å². The van der Waals surface area contributed by atoms with Gasteiger partial charge < -0.3 is 10.5 Å². The van der Waals surface area contributed by atoms with E-state index >= 15 is 0 Å². The van der Waals surface area contributed by atoms with Crippen LogP contribution in [0.2, 0.25) is 0 Å². The maximum absolute atomic E-state index is 13.3. The fourth-order valence-corrected chi connectivity index (χ4v) is 1.62. The maximum atomic E-state index is 13.3. The van der Waals surface area contributed by atoms with Gasteiger partial charge in [-0.3, -0.25) is 0 Å². The van der Waals surface area contributed by atoms with Crippen LogP contribution in [-0.2, 0) is 6.54 Å². The van der Waals surface area contributed by atoms with Gasteiger partial charge in [0.1, 0.15) is 0 Å². The predicted molar refractivity (Wildman–Crippen MR) is 53.5 cm³/mol. The van der Waals surface area contributed by atoms with E-state index in [1.165, 1.54) is 6.07 Å². The van der Waals surface area contributed by atoms with Gasteiger partial charge in [0, 0.05) is 6.54 Å². The fourth-order valence-electron chi connectivity index (χ4n) is 1.02. The van der Waals surface area contributed by atoms with E-state index < -0.39 is 24.3 Å². The standard InChI is InChI=1S/C9H8BrF4NO/c10-6-1-5(3-15)2-7(11)8(6)16-4-9(12,13)14/h1-2H,3-4,15H2. The second kappa shape index (κ2) is 5.01. The van der Waals surface area contributed by atoms with Crippen molar-refractivity contribution in [2.45, 2.75) is 12.7 Å². The highest BCUT2D eigenvalue weighted by Gasteiger charge is 2.29. The van der Waals surface area contributed by atoms with E-state index in [1.807, 2.05) is 0 Å². The van der Waals surface area contributed by atoms with Gasteiger partial charge in [0.25, 0.3) is 0 Å². The molecule has 90 valence electrons. The normalized spacial score (nSPS) is 11.6. The third-order valence-corrected chi connectivity index (χ3v) is 2.26. The Balaban J connectivity index is 2.88. The van der Waals surface area contributed by atoms with Crippen molar-refractivity contribution >= 4 is 15.9 Å². The molecule has 1 aromatic rings. The van der Waals surface area contributed by atoms with Crippen molar-refractivity contribution in [1.29, 1.82) is 0 Å². The second-order valence-corrected chi connectivity index (χ2v) is 3.85. The molecule has 0 aliphatic rings. The van der Waals surface area contributed by atoms with Gasteiger partial charge in [-0.1, -0.05) is 0 Å². The minimum Gasteiger partial charge on any atom is -0.480 e. The minimum atomic E-state index is -4.50. The molecule has 0 aliphatic carbocycles. The number of hydrogen-bond acceptors (Lipinski definition) is 2. The third kappa shape index (κ3) is 3.64. The van der Waals surface area contributed by atoms with Crippen molar-refractivity contribution in [3.8, 4) is 5.75 Å². The first-order valence-corrected chi connectivity index (χ1v) is 5.00. The number of alkyl halides is 3. The molecule has 0 fully saturated rings. The molecule has 7 heteroatoms. The Morgan fingerprint density at radius 1 is 1.31 bits per heavy atom. The summed E-state index contributed by atoms with van der Waals surface area (Å²) in [6.07, 6.45) is -4.50. The molecular formula is C9H8BrF4NO. The highest BCUT2D eigenvalue weighted by atomic mass is 79.9. The van der Waals surface area contributed by atoms with Gasteiger partial charge in [0.15, 0.2) is 18.2 Å². The zero-order valence-electron chi connectivity index (χ0n) is 7.94. The van der Waals surface area contributed by atoms with Crippen LogP contribution in [0.5, 0.6) is 5.75 Å². The Bertz CT molecular complexity index is 357. The number of rotatable bonds is 3. The molecule has 0 saturated heterocycles. The van der Waals surface area contributed by atoms with Crippen LogP contribution in [0.1, 0.15) is 5.56 Å². The van der Waals surface area contributed by atoms with Gasteiger partial charge in [-0.25, -0.2) is 4.39 Å². The van der Waals surface area contributed by atoms with Crippen molar-refractivity contribution in [2.75, 3.05) is 6.61 Å². The van der Waals surface area contributed by atoms with Gasteiger partial charge in [-0.2, -0.15) is 13.2 Å². The lowest BCUT2D eigenvalue weighted by molar-refractivity contribution is -0.153. The molecule has 0 amide bonds. The van der Waals surface area contributed by atoms with Crippen molar-refractivity contribution in [2.24, 2.45) is 5.73 Å². The van der Waals surface area contributed by atoms with Crippen LogP contribution in [0.4, 0.5) is 17.6 Å². The van der Waals surface area contributed by atoms with Crippen LogP contribution in [0.25, 0.3) is 0 Å². The summed E-state index contributed by atoms with van der Waals surface area (Å²) in [5, 5.41) is 0. The highest BCUT2D eigenvalue weighted by molar-refractivity contribution is 9.10. The Morgan fingerprint density at radius 3 is 2.38 bits per heavy atom. The van der Waals surface area contributed by atoms with Crippen molar-refractivity contribution in [3.63, 3.8) is 0 Å². The van der Waals surface area contributed by atoms with Crippen molar-refractivity contribution in [1.82, 2.24) is 0 Å². The lowest BCUT2D eigenvalue weighted by Crippen LogP contribution is -2.20. The van der Waals surface area contributed by atoms with Crippen LogP contribution in [-0.4, -0.2) is 12.8 Å². The molecule has 2 N–H and O–H groups in total. The molecule has 0 saturated carbocycles. The van der Waals surface area contributed by atoms with E-state index in [1.54, 1.807) is 0 Å². The Kier molecular flexibility index (Phi) is 4.15. The van der Waals surface area contributed by atoms with Gasteiger partial charge in [0.05, 0.1) is 4.47 Å². The Morgan fingerprint density at radius 2 is 1.94 bits per heavy atom. The van der Waals surface area contributed by atoms with Crippen LogP contribution in [0.3, 0.4) is 0 Å². The topological polar surface area (TPSA) is 35.2 Å². The largest absolute Gasteiger partial charge is 0.480 e. The van der Waals surface area contributed by atoms with Crippen LogP contribution in [0, 0.1) is 5.82 Å². The van der Waals surface area contributed by atoms with Crippen LogP contribution < -0.4 is 10.5 Å². The molecule has 1 aromatic carbocycles. The molecule has 0 aliphatic heterocycles. The lowest BCUT2D eigenvalue weighted by atomic mass is 10.2. The molecule has 16 heavy (non-hydrogen) atoms. The van der Waals surface area contributed by atoms with Crippen molar-refractivity contribution in [3.05, 3.63) is 28.0 Å². The first-order valence-electron chi connectivity index (χ1n) is 4.21. The Hall–Kier alpha value is -0.820.